The van der Waals surface area contributed by atoms with Gasteiger partial charge < -0.3 is 26.4 Å². The molecule has 3 aliphatic rings. The summed E-state index contributed by atoms with van der Waals surface area (Å²) in [4.78, 5) is 22.1. The lowest BCUT2D eigenvalue weighted by Crippen LogP contribution is -2.60. The highest BCUT2D eigenvalue weighted by atomic mass is 16.3. The molecule has 8 nitrogen and oxygen atoms in total. The Balaban J connectivity index is 1.65. The van der Waals surface area contributed by atoms with Crippen molar-refractivity contribution < 1.29 is 9.90 Å². The van der Waals surface area contributed by atoms with Crippen LogP contribution in [0.2, 0.25) is 0 Å². The molecule has 4 rings (SSSR count). The molecule has 1 aromatic rings. The molecule has 1 saturated carbocycles. The van der Waals surface area contributed by atoms with Crippen molar-refractivity contribution >= 4 is 11.7 Å². The maximum atomic E-state index is 12.4. The van der Waals surface area contributed by atoms with Crippen LogP contribution in [0.3, 0.4) is 0 Å². The van der Waals surface area contributed by atoms with Gasteiger partial charge in [0.15, 0.2) is 6.23 Å². The number of aromatic nitrogens is 2. The molecule has 8 heteroatoms. The minimum Gasteiger partial charge on any atom is -0.368 e. The average Bonchev–Trinajstić information content (AvgIpc) is 2.83. The summed E-state index contributed by atoms with van der Waals surface area (Å²) in [7, 11) is 0. The van der Waals surface area contributed by atoms with Gasteiger partial charge in [0.05, 0.1) is 5.70 Å². The minimum atomic E-state index is -0.968. The second kappa shape index (κ2) is 5.57. The number of fused-ring (bicyclic) bond motifs is 2. The number of rotatable bonds is 2. The van der Waals surface area contributed by atoms with Crippen molar-refractivity contribution in [2.45, 2.75) is 43.6 Å². The van der Waals surface area contributed by atoms with Crippen LogP contribution < -0.4 is 16.4 Å². The summed E-state index contributed by atoms with van der Waals surface area (Å²) < 4.78 is 0. The van der Waals surface area contributed by atoms with E-state index in [1.54, 1.807) is 29.3 Å². The van der Waals surface area contributed by atoms with Gasteiger partial charge in [-0.25, -0.2) is 9.97 Å². The van der Waals surface area contributed by atoms with E-state index in [0.29, 0.717) is 23.6 Å². The van der Waals surface area contributed by atoms with E-state index in [-0.39, 0.29) is 11.9 Å². The SMILES string of the molecule is N[C@H]1CCCC2(C1)NC(=O)C1=CC=C(Nc3ccncn3)C(O)N12. The van der Waals surface area contributed by atoms with E-state index in [9.17, 15) is 9.90 Å². The quantitative estimate of drug-likeness (QED) is 0.604. The van der Waals surface area contributed by atoms with Crippen LogP contribution in [0.5, 0.6) is 0 Å². The highest BCUT2D eigenvalue weighted by Crippen LogP contribution is 2.41. The Bertz CT molecular complexity index is 719. The van der Waals surface area contributed by atoms with Gasteiger partial charge in [0.25, 0.3) is 5.91 Å². The molecule has 2 fully saturated rings. The maximum absolute atomic E-state index is 12.4. The monoisotopic (exact) mass is 328 g/mol. The van der Waals surface area contributed by atoms with E-state index in [1.807, 2.05) is 0 Å². The average molecular weight is 328 g/mol. The summed E-state index contributed by atoms with van der Waals surface area (Å²) >= 11 is 0. The third-order valence-electron chi connectivity index (χ3n) is 4.86. The normalized spacial score (nSPS) is 32.1. The van der Waals surface area contributed by atoms with E-state index in [4.69, 9.17) is 5.73 Å². The Hall–Kier alpha value is -2.45. The van der Waals surface area contributed by atoms with Crippen LogP contribution in [0.1, 0.15) is 25.7 Å². The van der Waals surface area contributed by atoms with Crippen molar-refractivity contribution in [2.75, 3.05) is 5.32 Å². The van der Waals surface area contributed by atoms with E-state index in [0.717, 1.165) is 19.3 Å². The Labute approximate surface area is 139 Å². The summed E-state index contributed by atoms with van der Waals surface area (Å²) in [5.41, 5.74) is 6.55. The van der Waals surface area contributed by atoms with E-state index < -0.39 is 11.9 Å². The number of carbonyl (C=O) groups is 1. The van der Waals surface area contributed by atoms with Crippen LogP contribution in [0.25, 0.3) is 0 Å². The van der Waals surface area contributed by atoms with Crippen LogP contribution in [-0.2, 0) is 4.79 Å². The number of allylic oxidation sites excluding steroid dienone is 2. The first-order chi connectivity index (χ1) is 11.6. The topological polar surface area (TPSA) is 116 Å². The minimum absolute atomic E-state index is 0.00906. The van der Waals surface area contributed by atoms with Gasteiger partial charge in [-0.05, 0) is 37.5 Å². The highest BCUT2D eigenvalue weighted by molar-refractivity contribution is 5.96. The molecule has 126 valence electrons. The molecule has 1 amide bonds. The fourth-order valence-corrected chi connectivity index (χ4v) is 3.84. The molecule has 2 unspecified atom stereocenters. The van der Waals surface area contributed by atoms with Crippen molar-refractivity contribution in [3.05, 3.63) is 42.1 Å². The predicted octanol–water partition coefficient (Wildman–Crippen LogP) is 0.0177. The molecule has 5 N–H and O–H groups in total. The molecule has 0 bridgehead atoms. The molecule has 1 aromatic heterocycles. The first-order valence-corrected chi connectivity index (χ1v) is 8.09. The Morgan fingerprint density at radius 2 is 2.33 bits per heavy atom. The number of amides is 1. The summed E-state index contributed by atoms with van der Waals surface area (Å²) in [5, 5.41) is 17.0. The van der Waals surface area contributed by atoms with Crippen molar-refractivity contribution in [2.24, 2.45) is 5.73 Å². The molecule has 3 heterocycles. The lowest BCUT2D eigenvalue weighted by atomic mass is 9.84. The van der Waals surface area contributed by atoms with Crippen LogP contribution in [0, 0.1) is 0 Å². The van der Waals surface area contributed by atoms with Gasteiger partial charge in [-0.1, -0.05) is 0 Å². The number of nitrogens with zero attached hydrogens (tertiary/aromatic N) is 3. The number of nitrogens with one attached hydrogen (secondary N) is 2. The summed E-state index contributed by atoms with van der Waals surface area (Å²) in [6.45, 7) is 0. The maximum Gasteiger partial charge on any atom is 0.269 e. The third-order valence-corrected chi connectivity index (χ3v) is 4.86. The fraction of sp³-hybridized carbons (Fsp3) is 0.438. The Morgan fingerprint density at radius 3 is 3.08 bits per heavy atom. The highest BCUT2D eigenvalue weighted by Gasteiger charge is 2.53. The van der Waals surface area contributed by atoms with E-state index in [1.165, 1.54) is 6.33 Å². The smallest absolute Gasteiger partial charge is 0.269 e. The molecule has 3 atom stereocenters. The summed E-state index contributed by atoms with van der Waals surface area (Å²) in [5.74, 6) is 0.417. The second-order valence-corrected chi connectivity index (χ2v) is 6.48. The lowest BCUT2D eigenvalue weighted by Gasteiger charge is -2.46. The van der Waals surface area contributed by atoms with Crippen LogP contribution in [0.4, 0.5) is 5.82 Å². The van der Waals surface area contributed by atoms with E-state index in [2.05, 4.69) is 20.6 Å². The van der Waals surface area contributed by atoms with Gasteiger partial charge >= 0.3 is 0 Å². The van der Waals surface area contributed by atoms with Crippen molar-refractivity contribution in [3.63, 3.8) is 0 Å². The molecule has 1 spiro atoms. The molecular weight excluding hydrogens is 308 g/mol. The number of nitrogens with two attached hydrogens (primary N) is 1. The zero-order valence-corrected chi connectivity index (χ0v) is 13.1. The molecule has 1 saturated heterocycles. The van der Waals surface area contributed by atoms with Crippen molar-refractivity contribution in [1.29, 1.82) is 0 Å². The molecule has 0 aromatic carbocycles. The third kappa shape index (κ3) is 2.35. The lowest BCUT2D eigenvalue weighted by molar-refractivity contribution is -0.117. The van der Waals surface area contributed by atoms with Gasteiger partial charge in [0, 0.05) is 18.7 Å². The second-order valence-electron chi connectivity index (χ2n) is 6.48. The molecule has 24 heavy (non-hydrogen) atoms. The molecule has 0 radical (unpaired) electrons. The number of hydrogen-bond acceptors (Lipinski definition) is 7. The predicted molar refractivity (Wildman–Crippen MR) is 87.0 cm³/mol. The zero-order valence-electron chi connectivity index (χ0n) is 13.1. The zero-order chi connectivity index (χ0) is 16.7. The summed E-state index contributed by atoms with van der Waals surface area (Å²) in [6, 6.07) is 1.72. The Kier molecular flexibility index (Phi) is 3.50. The fourth-order valence-electron chi connectivity index (χ4n) is 3.84. The Morgan fingerprint density at radius 1 is 1.46 bits per heavy atom. The van der Waals surface area contributed by atoms with Gasteiger partial charge in [0.2, 0.25) is 0 Å². The van der Waals surface area contributed by atoms with Crippen LogP contribution in [0.15, 0.2) is 42.1 Å². The van der Waals surface area contributed by atoms with Gasteiger partial charge in [0.1, 0.15) is 23.5 Å². The summed E-state index contributed by atoms with van der Waals surface area (Å²) in [6.07, 6.45) is 8.75. The first-order valence-electron chi connectivity index (χ1n) is 8.09. The van der Waals surface area contributed by atoms with Gasteiger partial charge in [-0.2, -0.15) is 0 Å². The van der Waals surface area contributed by atoms with Crippen molar-refractivity contribution in [1.82, 2.24) is 20.2 Å². The van der Waals surface area contributed by atoms with Crippen LogP contribution in [-0.4, -0.2) is 43.8 Å². The molecule has 1 aliphatic carbocycles. The number of anilines is 1. The number of hydrogen-bond donors (Lipinski definition) is 4. The standard InChI is InChI=1S/C16H20N6O2/c17-10-2-1-6-16(8-10)21-14(23)12-4-3-11(15(24)22(12)16)20-13-5-7-18-9-19-13/h3-5,7,9-10,15,24H,1-2,6,8,17H2,(H,21,23)(H,18,19,20)/t10-,15?,16?/m0/s1. The number of carbonyl (C=O) groups excluding carboxylic acids is 1. The van der Waals surface area contributed by atoms with E-state index >= 15 is 0 Å². The molecular formula is C16H20N6O2. The molecule has 2 aliphatic heterocycles. The first kappa shape index (κ1) is 15.1. The van der Waals surface area contributed by atoms with Gasteiger partial charge in [-0.3, -0.25) is 4.79 Å². The van der Waals surface area contributed by atoms with Crippen molar-refractivity contribution in [3.8, 4) is 0 Å². The number of aliphatic hydroxyl groups excluding tert-OH is 1. The van der Waals surface area contributed by atoms with Gasteiger partial charge in [-0.15, -0.1) is 0 Å². The largest absolute Gasteiger partial charge is 0.368 e. The van der Waals surface area contributed by atoms with Crippen LogP contribution >= 0.6 is 0 Å². The number of aliphatic hydroxyl groups is 1.